The van der Waals surface area contributed by atoms with Crippen LogP contribution in [-0.4, -0.2) is 24.0 Å². The molecular formula is C2H5BrO5S. The fourth-order valence-electron chi connectivity index (χ4n) is 0. The van der Waals surface area contributed by atoms with Crippen molar-refractivity contribution in [3.63, 3.8) is 0 Å². The van der Waals surface area contributed by atoms with Crippen LogP contribution in [0.25, 0.3) is 0 Å². The van der Waals surface area contributed by atoms with E-state index in [2.05, 4.69) is 0 Å². The smallest absolute Gasteiger partial charge is 0.326 e. The summed E-state index contributed by atoms with van der Waals surface area (Å²) in [6, 6.07) is 0. The summed E-state index contributed by atoms with van der Waals surface area (Å²) in [5, 5.41) is 7.42. The number of hydrogen-bond acceptors (Lipinski definition) is 3. The SMILES string of the molecule is CC(=O)O.O=S(=O)(O)Br. The van der Waals surface area contributed by atoms with Crippen molar-refractivity contribution in [1.82, 2.24) is 0 Å². The van der Waals surface area contributed by atoms with Crippen LogP contribution in [0.1, 0.15) is 6.92 Å². The van der Waals surface area contributed by atoms with Gasteiger partial charge in [0.05, 0.1) is 14.8 Å². The van der Waals surface area contributed by atoms with E-state index in [1.54, 1.807) is 0 Å². The van der Waals surface area contributed by atoms with Gasteiger partial charge in [0.25, 0.3) is 5.97 Å². The molecule has 0 bridgehead atoms. The predicted octanol–water partition coefficient (Wildman–Crippen LogP) is 0.275. The molecule has 2 N–H and O–H groups in total. The van der Waals surface area contributed by atoms with E-state index in [4.69, 9.17) is 22.9 Å². The maximum Gasteiger partial charge on any atom is 0.326 e. The van der Waals surface area contributed by atoms with Gasteiger partial charge in [0.2, 0.25) is 0 Å². The number of rotatable bonds is 0. The van der Waals surface area contributed by atoms with Crippen LogP contribution in [0.15, 0.2) is 0 Å². The van der Waals surface area contributed by atoms with Crippen LogP contribution in [0.5, 0.6) is 0 Å². The summed E-state index contributed by atoms with van der Waals surface area (Å²) in [6.45, 7) is 1.08. The highest BCUT2D eigenvalue weighted by Crippen LogP contribution is 1.88. The molecule has 0 aromatic heterocycles. The van der Waals surface area contributed by atoms with Gasteiger partial charge < -0.3 is 5.11 Å². The second-order valence-corrected chi connectivity index (χ2v) is 4.21. The first-order valence-electron chi connectivity index (χ1n) is 1.60. The molecule has 0 spiro atoms. The Hall–Kier alpha value is -0.140. The van der Waals surface area contributed by atoms with Gasteiger partial charge in [0.1, 0.15) is 0 Å². The first-order valence-corrected chi connectivity index (χ1v) is 4.88. The normalized spacial score (nSPS) is 9.22. The Labute approximate surface area is 59.6 Å². The fraction of sp³-hybridized carbons (Fsp3) is 0.500. The average molecular weight is 221 g/mol. The molecule has 0 saturated heterocycles. The molecule has 0 amide bonds. The van der Waals surface area contributed by atoms with E-state index in [1.807, 2.05) is 14.8 Å². The van der Waals surface area contributed by atoms with Gasteiger partial charge in [-0.15, -0.1) is 0 Å². The van der Waals surface area contributed by atoms with Gasteiger partial charge in [-0.25, -0.2) is 0 Å². The summed E-state index contributed by atoms with van der Waals surface area (Å²) >= 11 is 1.90. The molecule has 0 rings (SSSR count). The van der Waals surface area contributed by atoms with Crippen LogP contribution >= 0.6 is 14.8 Å². The molecule has 0 aliphatic heterocycles. The fourth-order valence-corrected chi connectivity index (χ4v) is 0. The second-order valence-electron chi connectivity index (χ2n) is 0.931. The average Bonchev–Trinajstić information content (AvgIpc) is 1.19. The van der Waals surface area contributed by atoms with Crippen molar-refractivity contribution in [3.05, 3.63) is 0 Å². The van der Waals surface area contributed by atoms with Gasteiger partial charge in [-0.1, -0.05) is 0 Å². The Kier molecular flexibility index (Phi) is 6.09. The van der Waals surface area contributed by atoms with Crippen LogP contribution in [0.2, 0.25) is 0 Å². The molecule has 0 fully saturated rings. The zero-order valence-electron chi connectivity index (χ0n) is 4.41. The van der Waals surface area contributed by atoms with Gasteiger partial charge in [-0.05, 0) is 0 Å². The molecule has 0 aromatic rings. The van der Waals surface area contributed by atoms with Gasteiger partial charge in [0.15, 0.2) is 0 Å². The third kappa shape index (κ3) is 13800. The Bertz CT molecular complexity index is 157. The quantitative estimate of drug-likeness (QED) is 0.452. The van der Waals surface area contributed by atoms with E-state index in [0.717, 1.165) is 6.92 Å². The van der Waals surface area contributed by atoms with Crippen molar-refractivity contribution in [3.8, 4) is 0 Å². The Morgan fingerprint density at radius 2 is 1.56 bits per heavy atom. The molecule has 0 aliphatic rings. The first kappa shape index (κ1) is 11.6. The monoisotopic (exact) mass is 220 g/mol. The summed E-state index contributed by atoms with van der Waals surface area (Å²) in [5.74, 6) is -0.833. The summed E-state index contributed by atoms with van der Waals surface area (Å²) in [7, 11) is -3.85. The highest BCUT2D eigenvalue weighted by Gasteiger charge is 1.85. The van der Waals surface area contributed by atoms with Crippen LogP contribution in [0.3, 0.4) is 0 Å². The van der Waals surface area contributed by atoms with Crippen molar-refractivity contribution in [2.45, 2.75) is 6.92 Å². The van der Waals surface area contributed by atoms with Crippen LogP contribution in [0.4, 0.5) is 0 Å². The Morgan fingerprint density at radius 3 is 1.56 bits per heavy atom. The van der Waals surface area contributed by atoms with Crippen molar-refractivity contribution in [2.75, 3.05) is 0 Å². The molecule has 56 valence electrons. The zero-order chi connectivity index (χ0) is 8.08. The summed E-state index contributed by atoms with van der Waals surface area (Å²) < 4.78 is 25.6. The van der Waals surface area contributed by atoms with E-state index >= 15 is 0 Å². The maximum absolute atomic E-state index is 9.10. The number of carbonyl (C=O) groups is 1. The standard InChI is InChI=1S/C2H4O2.BrHO3S/c1-2(3)4;1-5(2,3)4/h1H3,(H,3,4);(H,2,3,4). The lowest BCUT2D eigenvalue weighted by Crippen LogP contribution is -1.78. The first-order chi connectivity index (χ1) is 3.73. The van der Waals surface area contributed by atoms with Gasteiger partial charge >= 0.3 is 8.55 Å². The number of halogens is 1. The van der Waals surface area contributed by atoms with Crippen molar-refractivity contribution >= 4 is 29.3 Å². The van der Waals surface area contributed by atoms with E-state index in [0.29, 0.717) is 0 Å². The minimum atomic E-state index is -3.85. The lowest BCUT2D eigenvalue weighted by atomic mass is 10.9. The minimum absolute atomic E-state index is 0.833. The van der Waals surface area contributed by atoms with E-state index in [1.165, 1.54) is 0 Å². The topological polar surface area (TPSA) is 91.7 Å². The van der Waals surface area contributed by atoms with Gasteiger partial charge in [0, 0.05) is 6.92 Å². The van der Waals surface area contributed by atoms with E-state index in [9.17, 15) is 0 Å². The lowest BCUT2D eigenvalue weighted by molar-refractivity contribution is -0.134. The summed E-state index contributed by atoms with van der Waals surface area (Å²) in [5.41, 5.74) is 0. The van der Waals surface area contributed by atoms with E-state index < -0.39 is 14.5 Å². The second kappa shape index (κ2) is 4.71. The van der Waals surface area contributed by atoms with Gasteiger partial charge in [-0.3, -0.25) is 9.35 Å². The molecule has 0 saturated carbocycles. The van der Waals surface area contributed by atoms with Crippen LogP contribution in [-0.2, 0) is 13.3 Å². The molecule has 5 nitrogen and oxygen atoms in total. The van der Waals surface area contributed by atoms with E-state index in [-0.39, 0.29) is 0 Å². The zero-order valence-corrected chi connectivity index (χ0v) is 6.81. The minimum Gasteiger partial charge on any atom is -0.481 e. The molecule has 0 radical (unpaired) electrons. The molecule has 0 atom stereocenters. The number of carboxylic acids is 1. The summed E-state index contributed by atoms with van der Waals surface area (Å²) in [4.78, 5) is 9.00. The van der Waals surface area contributed by atoms with Crippen LogP contribution in [0, 0.1) is 0 Å². The summed E-state index contributed by atoms with van der Waals surface area (Å²) in [6.07, 6.45) is 0. The molecule has 7 heteroatoms. The molecule has 0 aromatic carbocycles. The van der Waals surface area contributed by atoms with Crippen molar-refractivity contribution in [1.29, 1.82) is 0 Å². The molecule has 9 heavy (non-hydrogen) atoms. The molecule has 0 heterocycles. The number of aliphatic carboxylic acids is 1. The van der Waals surface area contributed by atoms with Crippen molar-refractivity contribution in [2.24, 2.45) is 0 Å². The number of carboxylic acid groups (broad SMARTS) is 1. The Morgan fingerprint density at radius 1 is 1.56 bits per heavy atom. The highest BCUT2D eigenvalue weighted by molar-refractivity contribution is 9.46. The Balaban J connectivity index is 0. The molecule has 0 unspecified atom stereocenters. The number of hydrogen-bond donors (Lipinski definition) is 2. The lowest BCUT2D eigenvalue weighted by Gasteiger charge is -1.65. The highest BCUT2D eigenvalue weighted by atomic mass is 79.9. The van der Waals surface area contributed by atoms with Gasteiger partial charge in [-0.2, -0.15) is 8.42 Å². The van der Waals surface area contributed by atoms with Crippen LogP contribution < -0.4 is 0 Å². The third-order valence-corrected chi connectivity index (χ3v) is 0. The predicted molar refractivity (Wildman–Crippen MR) is 33.8 cm³/mol. The molecule has 0 aliphatic carbocycles. The van der Waals surface area contributed by atoms with Crippen molar-refractivity contribution < 1.29 is 22.9 Å². The molecular weight excluding hydrogens is 216 g/mol. The largest absolute Gasteiger partial charge is 0.481 e. The maximum atomic E-state index is 9.10. The third-order valence-electron chi connectivity index (χ3n) is 0.